The molecule has 0 saturated heterocycles. The van der Waals surface area contributed by atoms with Gasteiger partial charge in [0.1, 0.15) is 0 Å². The number of hydrogen-bond acceptors (Lipinski definition) is 4. The Bertz CT molecular complexity index is 909. The van der Waals surface area contributed by atoms with E-state index in [4.69, 9.17) is 5.73 Å². The van der Waals surface area contributed by atoms with Crippen molar-refractivity contribution in [1.29, 1.82) is 0 Å². The van der Waals surface area contributed by atoms with Crippen molar-refractivity contribution in [3.05, 3.63) is 59.7 Å². The highest BCUT2D eigenvalue weighted by molar-refractivity contribution is 7.92. The molecule has 1 saturated carbocycles. The molecule has 0 heterocycles. The van der Waals surface area contributed by atoms with Crippen LogP contribution in [0.5, 0.6) is 0 Å². The Morgan fingerprint density at radius 2 is 1.61 bits per heavy atom. The highest BCUT2D eigenvalue weighted by atomic mass is 35.5. The number of anilines is 1. The fourth-order valence-corrected chi connectivity index (χ4v) is 4.34. The van der Waals surface area contributed by atoms with Crippen LogP contribution in [0, 0.1) is 6.92 Å². The maximum Gasteiger partial charge on any atom is 0.261 e. The summed E-state index contributed by atoms with van der Waals surface area (Å²) in [6.45, 7) is 1.84. The minimum Gasteiger partial charge on any atom is -0.349 e. The van der Waals surface area contributed by atoms with Crippen LogP contribution in [0.15, 0.2) is 53.4 Å². The number of para-hydroxylation sites is 1. The quantitative estimate of drug-likeness (QED) is 0.687. The zero-order valence-corrected chi connectivity index (χ0v) is 17.4. The van der Waals surface area contributed by atoms with Gasteiger partial charge in [-0.2, -0.15) is 0 Å². The summed E-state index contributed by atoms with van der Waals surface area (Å²) in [5.41, 5.74) is 7.70. The number of nitrogens with one attached hydrogen (secondary N) is 2. The van der Waals surface area contributed by atoms with E-state index in [1.54, 1.807) is 12.1 Å². The molecule has 2 aromatic rings. The first kappa shape index (κ1) is 22.2. The van der Waals surface area contributed by atoms with Crippen LogP contribution in [0.4, 0.5) is 5.69 Å². The summed E-state index contributed by atoms with van der Waals surface area (Å²) in [6.07, 6.45) is 3.57. The second-order valence-electron chi connectivity index (χ2n) is 7.03. The van der Waals surface area contributed by atoms with Crippen molar-refractivity contribution in [3.63, 3.8) is 0 Å². The van der Waals surface area contributed by atoms with Crippen LogP contribution in [0.2, 0.25) is 0 Å². The average Bonchev–Trinajstić information content (AvgIpc) is 2.65. The molecule has 2 aromatic carbocycles. The molecule has 152 valence electrons. The van der Waals surface area contributed by atoms with Gasteiger partial charge in [0.15, 0.2) is 0 Å². The molecule has 0 atom stereocenters. The van der Waals surface area contributed by atoms with Gasteiger partial charge in [-0.25, -0.2) is 8.42 Å². The zero-order chi connectivity index (χ0) is 19.4. The van der Waals surface area contributed by atoms with E-state index in [0.717, 1.165) is 31.2 Å². The summed E-state index contributed by atoms with van der Waals surface area (Å²) in [5.74, 6) is -0.189. The number of amides is 1. The minimum absolute atomic E-state index is 0. The Hall–Kier alpha value is -2.09. The van der Waals surface area contributed by atoms with Crippen LogP contribution in [0.25, 0.3) is 0 Å². The second kappa shape index (κ2) is 9.41. The Balaban J connectivity index is 0.00000280. The summed E-state index contributed by atoms with van der Waals surface area (Å²) < 4.78 is 27.7. The minimum atomic E-state index is -3.71. The molecule has 0 aromatic heterocycles. The van der Waals surface area contributed by atoms with Gasteiger partial charge in [0.2, 0.25) is 0 Å². The maximum absolute atomic E-state index is 12.6. The summed E-state index contributed by atoms with van der Waals surface area (Å²) in [5, 5.41) is 3.00. The van der Waals surface area contributed by atoms with E-state index in [-0.39, 0.29) is 35.3 Å². The summed E-state index contributed by atoms with van der Waals surface area (Å²) in [4.78, 5) is 12.5. The van der Waals surface area contributed by atoms with Crippen LogP contribution in [0.1, 0.15) is 41.6 Å². The predicted octanol–water partition coefficient (Wildman–Crippen LogP) is 3.22. The highest BCUT2D eigenvalue weighted by Gasteiger charge is 2.21. The number of carbonyl (C=O) groups is 1. The van der Waals surface area contributed by atoms with Crippen LogP contribution in [-0.2, 0) is 10.0 Å². The van der Waals surface area contributed by atoms with Gasteiger partial charge in [-0.15, -0.1) is 12.4 Å². The Morgan fingerprint density at radius 1 is 1.00 bits per heavy atom. The van der Waals surface area contributed by atoms with Gasteiger partial charge >= 0.3 is 0 Å². The van der Waals surface area contributed by atoms with E-state index < -0.39 is 10.0 Å². The molecule has 28 heavy (non-hydrogen) atoms. The maximum atomic E-state index is 12.6. The molecule has 1 aliphatic carbocycles. The molecular formula is C20H26ClN3O3S. The van der Waals surface area contributed by atoms with Crippen molar-refractivity contribution in [3.8, 4) is 0 Å². The molecule has 6 nitrogen and oxygen atoms in total. The van der Waals surface area contributed by atoms with E-state index in [2.05, 4.69) is 10.0 Å². The fraction of sp³-hybridized carbons (Fsp3) is 0.350. The smallest absolute Gasteiger partial charge is 0.261 e. The monoisotopic (exact) mass is 423 g/mol. The van der Waals surface area contributed by atoms with E-state index in [1.165, 1.54) is 24.3 Å². The molecule has 3 rings (SSSR count). The molecule has 0 unspecified atom stereocenters. The van der Waals surface area contributed by atoms with E-state index in [0.29, 0.717) is 11.3 Å². The standard InChI is InChI=1S/C20H25N3O3S.ClH/c1-14-4-2-3-5-19(14)23-27(25,26)18-12-6-15(7-13-18)20(24)22-17-10-8-16(21)9-11-17;/h2-7,12-13,16-17,23H,8-11,21H2,1H3,(H,22,24);1H. The van der Waals surface area contributed by atoms with Gasteiger partial charge in [-0.1, -0.05) is 18.2 Å². The van der Waals surface area contributed by atoms with Gasteiger partial charge in [0, 0.05) is 17.6 Å². The third-order valence-corrected chi connectivity index (χ3v) is 6.30. The summed E-state index contributed by atoms with van der Waals surface area (Å²) in [6, 6.07) is 13.5. The number of benzene rings is 2. The first-order valence-electron chi connectivity index (χ1n) is 9.10. The van der Waals surface area contributed by atoms with E-state index in [9.17, 15) is 13.2 Å². The molecule has 0 spiro atoms. The lowest BCUT2D eigenvalue weighted by molar-refractivity contribution is 0.0926. The van der Waals surface area contributed by atoms with Crippen molar-refractivity contribution < 1.29 is 13.2 Å². The van der Waals surface area contributed by atoms with Gasteiger partial charge < -0.3 is 11.1 Å². The number of carbonyl (C=O) groups excluding carboxylic acids is 1. The number of halogens is 1. The number of aryl methyl sites for hydroxylation is 1. The molecule has 4 N–H and O–H groups in total. The Kier molecular flexibility index (Phi) is 7.46. The van der Waals surface area contributed by atoms with Gasteiger partial charge in [0.25, 0.3) is 15.9 Å². The van der Waals surface area contributed by atoms with E-state index in [1.807, 2.05) is 19.1 Å². The van der Waals surface area contributed by atoms with Gasteiger partial charge in [-0.3, -0.25) is 9.52 Å². The number of nitrogens with two attached hydrogens (primary N) is 1. The predicted molar refractivity (Wildman–Crippen MR) is 113 cm³/mol. The third-order valence-electron chi connectivity index (χ3n) is 4.92. The van der Waals surface area contributed by atoms with Crippen LogP contribution >= 0.6 is 12.4 Å². The molecule has 1 aliphatic rings. The second-order valence-corrected chi connectivity index (χ2v) is 8.71. The fourth-order valence-electron chi connectivity index (χ4n) is 3.21. The number of sulfonamides is 1. The summed E-state index contributed by atoms with van der Waals surface area (Å²) >= 11 is 0. The molecule has 8 heteroatoms. The highest BCUT2D eigenvalue weighted by Crippen LogP contribution is 2.20. The van der Waals surface area contributed by atoms with Crippen molar-refractivity contribution in [2.24, 2.45) is 5.73 Å². The van der Waals surface area contributed by atoms with Crippen LogP contribution < -0.4 is 15.8 Å². The molecule has 0 bridgehead atoms. The van der Waals surface area contributed by atoms with Gasteiger partial charge in [-0.05, 0) is 68.5 Å². The third kappa shape index (κ3) is 5.47. The molecule has 1 amide bonds. The normalized spacial score (nSPS) is 19.4. The average molecular weight is 424 g/mol. The summed E-state index contributed by atoms with van der Waals surface area (Å²) in [7, 11) is -3.71. The SMILES string of the molecule is Cc1ccccc1NS(=O)(=O)c1ccc(C(=O)NC2CCC(N)CC2)cc1.Cl. The largest absolute Gasteiger partial charge is 0.349 e. The van der Waals surface area contributed by atoms with Crippen molar-refractivity contribution in [2.45, 2.75) is 49.6 Å². The number of rotatable bonds is 5. The Labute approximate surface area is 172 Å². The first-order valence-corrected chi connectivity index (χ1v) is 10.6. The first-order chi connectivity index (χ1) is 12.8. The topological polar surface area (TPSA) is 101 Å². The van der Waals surface area contributed by atoms with Crippen molar-refractivity contribution in [2.75, 3.05) is 4.72 Å². The lowest BCUT2D eigenvalue weighted by Crippen LogP contribution is -2.40. The van der Waals surface area contributed by atoms with Gasteiger partial charge in [0.05, 0.1) is 10.6 Å². The van der Waals surface area contributed by atoms with Crippen molar-refractivity contribution in [1.82, 2.24) is 5.32 Å². The zero-order valence-electron chi connectivity index (χ0n) is 15.7. The van der Waals surface area contributed by atoms with Crippen LogP contribution in [0.3, 0.4) is 0 Å². The lowest BCUT2D eigenvalue weighted by atomic mass is 9.91. The molecular weight excluding hydrogens is 398 g/mol. The number of hydrogen-bond donors (Lipinski definition) is 3. The lowest BCUT2D eigenvalue weighted by Gasteiger charge is -2.26. The molecule has 0 aliphatic heterocycles. The molecule has 1 fully saturated rings. The van der Waals surface area contributed by atoms with E-state index >= 15 is 0 Å². The Morgan fingerprint density at radius 3 is 2.21 bits per heavy atom. The van der Waals surface area contributed by atoms with Crippen molar-refractivity contribution >= 4 is 34.0 Å². The molecule has 0 radical (unpaired) electrons. The van der Waals surface area contributed by atoms with Crippen LogP contribution in [-0.4, -0.2) is 26.4 Å².